The maximum Gasteiger partial charge on any atom is 0.191 e. The first-order chi connectivity index (χ1) is 14.5. The van der Waals surface area contributed by atoms with Crippen molar-refractivity contribution in [2.24, 2.45) is 4.99 Å². The summed E-state index contributed by atoms with van der Waals surface area (Å²) in [7, 11) is 2.10. The van der Waals surface area contributed by atoms with Crippen LogP contribution in [0, 0.1) is 13.8 Å². The van der Waals surface area contributed by atoms with Crippen LogP contribution in [0.5, 0.6) is 0 Å². The normalized spacial score (nSPS) is 11.5. The molecule has 0 aliphatic carbocycles. The van der Waals surface area contributed by atoms with E-state index in [1.165, 1.54) is 16.0 Å². The standard InChI is InChI=1S/C23H31N5OS.HI/c1-5-24-23(26-14-22-27-17(2)18(3)30-22)25-13-19-9-6-7-10-20(19)15-28(4)16-21-11-8-12-29-21;/h6-12H,5,13-16H2,1-4H3,(H2,24,25,26);1H. The quantitative estimate of drug-likeness (QED) is 0.225. The van der Waals surface area contributed by atoms with Gasteiger partial charge in [0.25, 0.3) is 0 Å². The van der Waals surface area contributed by atoms with Gasteiger partial charge in [0.15, 0.2) is 5.96 Å². The molecule has 31 heavy (non-hydrogen) atoms. The Morgan fingerprint density at radius 3 is 2.52 bits per heavy atom. The Kier molecular flexibility index (Phi) is 10.5. The molecule has 2 heterocycles. The monoisotopic (exact) mass is 553 g/mol. The zero-order chi connectivity index (χ0) is 21.3. The summed E-state index contributed by atoms with van der Waals surface area (Å²) in [6.07, 6.45) is 1.72. The van der Waals surface area contributed by atoms with Crippen molar-refractivity contribution in [2.75, 3.05) is 13.6 Å². The number of halogens is 1. The van der Waals surface area contributed by atoms with Crippen LogP contribution in [0.1, 0.15) is 39.4 Å². The second-order valence-corrected chi connectivity index (χ2v) is 8.61. The van der Waals surface area contributed by atoms with E-state index in [1.807, 2.05) is 12.1 Å². The van der Waals surface area contributed by atoms with E-state index in [-0.39, 0.29) is 24.0 Å². The first kappa shape index (κ1) is 25.4. The zero-order valence-electron chi connectivity index (χ0n) is 18.6. The van der Waals surface area contributed by atoms with E-state index in [9.17, 15) is 0 Å². The van der Waals surface area contributed by atoms with Crippen molar-refractivity contribution in [1.82, 2.24) is 20.5 Å². The van der Waals surface area contributed by atoms with Crippen LogP contribution in [0.3, 0.4) is 0 Å². The predicted molar refractivity (Wildman–Crippen MR) is 139 cm³/mol. The summed E-state index contributed by atoms with van der Waals surface area (Å²) < 4.78 is 5.47. The highest BCUT2D eigenvalue weighted by Crippen LogP contribution is 2.16. The molecule has 0 fully saturated rings. The maximum atomic E-state index is 5.47. The van der Waals surface area contributed by atoms with Crippen molar-refractivity contribution in [3.05, 3.63) is 75.1 Å². The van der Waals surface area contributed by atoms with Gasteiger partial charge in [-0.3, -0.25) is 4.90 Å². The summed E-state index contributed by atoms with van der Waals surface area (Å²) in [6, 6.07) is 12.4. The summed E-state index contributed by atoms with van der Waals surface area (Å²) in [6.45, 7) is 9.97. The Morgan fingerprint density at radius 1 is 1.10 bits per heavy atom. The van der Waals surface area contributed by atoms with Gasteiger partial charge in [-0.25, -0.2) is 9.98 Å². The highest BCUT2D eigenvalue weighted by atomic mass is 127. The molecule has 3 rings (SSSR count). The molecule has 1 aromatic carbocycles. The fourth-order valence-electron chi connectivity index (χ4n) is 3.16. The first-order valence-corrected chi connectivity index (χ1v) is 11.1. The molecule has 0 amide bonds. The average Bonchev–Trinajstić information content (AvgIpc) is 3.34. The summed E-state index contributed by atoms with van der Waals surface area (Å²) in [5.74, 6) is 1.78. The number of aliphatic imine (C=N–C) groups is 1. The summed E-state index contributed by atoms with van der Waals surface area (Å²) in [5, 5.41) is 7.81. The Bertz CT molecular complexity index is 935. The number of guanidine groups is 1. The Balaban J connectivity index is 0.00000341. The van der Waals surface area contributed by atoms with Gasteiger partial charge in [-0.1, -0.05) is 24.3 Å². The fraction of sp³-hybridized carbons (Fsp3) is 0.391. The molecule has 3 aromatic rings. The lowest BCUT2D eigenvalue weighted by atomic mass is 10.1. The Morgan fingerprint density at radius 2 is 1.87 bits per heavy atom. The average molecular weight is 554 g/mol. The van der Waals surface area contributed by atoms with Crippen molar-refractivity contribution in [3.63, 3.8) is 0 Å². The Hall–Kier alpha value is -1.91. The third-order valence-corrected chi connectivity index (χ3v) is 5.87. The van der Waals surface area contributed by atoms with Crippen LogP contribution in [0.4, 0.5) is 0 Å². The minimum absolute atomic E-state index is 0. The van der Waals surface area contributed by atoms with E-state index in [0.717, 1.165) is 42.1 Å². The van der Waals surface area contributed by atoms with Crippen LogP contribution < -0.4 is 10.6 Å². The number of hydrogen-bond acceptors (Lipinski definition) is 5. The van der Waals surface area contributed by atoms with Crippen molar-refractivity contribution in [1.29, 1.82) is 0 Å². The number of benzene rings is 1. The molecule has 0 bridgehead atoms. The molecule has 8 heteroatoms. The van der Waals surface area contributed by atoms with Gasteiger partial charge < -0.3 is 15.1 Å². The number of hydrogen-bond donors (Lipinski definition) is 2. The van der Waals surface area contributed by atoms with E-state index in [2.05, 4.69) is 72.6 Å². The molecular weight excluding hydrogens is 521 g/mol. The molecule has 0 aliphatic rings. The van der Waals surface area contributed by atoms with Gasteiger partial charge in [0.05, 0.1) is 31.6 Å². The molecule has 0 radical (unpaired) electrons. The molecule has 2 N–H and O–H groups in total. The third-order valence-electron chi connectivity index (χ3n) is 4.80. The predicted octanol–water partition coefficient (Wildman–Crippen LogP) is 4.86. The topological polar surface area (TPSA) is 65.7 Å². The highest BCUT2D eigenvalue weighted by molar-refractivity contribution is 14.0. The van der Waals surface area contributed by atoms with Crippen LogP contribution >= 0.6 is 35.3 Å². The first-order valence-electron chi connectivity index (χ1n) is 10.3. The van der Waals surface area contributed by atoms with E-state index in [0.29, 0.717) is 13.1 Å². The SMILES string of the molecule is CCNC(=NCc1ccccc1CN(C)Cc1ccco1)NCc1nc(C)c(C)s1.I. The largest absolute Gasteiger partial charge is 0.468 e. The number of nitrogens with one attached hydrogen (secondary N) is 2. The fourth-order valence-corrected chi connectivity index (χ4v) is 4.04. The van der Waals surface area contributed by atoms with E-state index < -0.39 is 0 Å². The van der Waals surface area contributed by atoms with Gasteiger partial charge in [0.1, 0.15) is 10.8 Å². The molecule has 0 unspecified atom stereocenters. The molecule has 0 aliphatic heterocycles. The van der Waals surface area contributed by atoms with Crippen LogP contribution in [0.2, 0.25) is 0 Å². The van der Waals surface area contributed by atoms with Crippen LogP contribution in [-0.4, -0.2) is 29.4 Å². The Labute approximate surface area is 206 Å². The highest BCUT2D eigenvalue weighted by Gasteiger charge is 2.09. The number of rotatable bonds is 9. The molecule has 168 valence electrons. The van der Waals surface area contributed by atoms with Gasteiger partial charge in [-0.2, -0.15) is 0 Å². The van der Waals surface area contributed by atoms with Crippen LogP contribution in [0.25, 0.3) is 0 Å². The second kappa shape index (κ2) is 12.8. The summed E-state index contributed by atoms with van der Waals surface area (Å²) in [4.78, 5) is 12.9. The minimum atomic E-state index is 0. The molecule has 0 saturated heterocycles. The summed E-state index contributed by atoms with van der Waals surface area (Å²) >= 11 is 1.73. The van der Waals surface area contributed by atoms with E-state index >= 15 is 0 Å². The number of aryl methyl sites for hydroxylation is 2. The number of aromatic nitrogens is 1. The maximum absolute atomic E-state index is 5.47. The number of furan rings is 1. The third kappa shape index (κ3) is 7.93. The van der Waals surface area contributed by atoms with Gasteiger partial charge in [-0.05, 0) is 51.1 Å². The lowest BCUT2D eigenvalue weighted by molar-refractivity contribution is 0.287. The lowest BCUT2D eigenvalue weighted by Crippen LogP contribution is -2.36. The van der Waals surface area contributed by atoms with Crippen molar-refractivity contribution in [3.8, 4) is 0 Å². The minimum Gasteiger partial charge on any atom is -0.468 e. The summed E-state index contributed by atoms with van der Waals surface area (Å²) in [5.41, 5.74) is 3.60. The molecule has 0 atom stereocenters. The van der Waals surface area contributed by atoms with E-state index in [4.69, 9.17) is 9.41 Å². The number of thiazole rings is 1. The van der Waals surface area contributed by atoms with Crippen LogP contribution in [0.15, 0.2) is 52.1 Å². The van der Waals surface area contributed by atoms with Crippen LogP contribution in [-0.2, 0) is 26.2 Å². The lowest BCUT2D eigenvalue weighted by Gasteiger charge is -2.17. The van der Waals surface area contributed by atoms with E-state index in [1.54, 1.807) is 17.6 Å². The zero-order valence-corrected chi connectivity index (χ0v) is 21.8. The van der Waals surface area contributed by atoms with Crippen molar-refractivity contribution in [2.45, 2.75) is 47.0 Å². The van der Waals surface area contributed by atoms with Gasteiger partial charge in [-0.15, -0.1) is 35.3 Å². The molecule has 2 aromatic heterocycles. The number of nitrogens with zero attached hydrogens (tertiary/aromatic N) is 3. The molecule has 0 spiro atoms. The smallest absolute Gasteiger partial charge is 0.191 e. The van der Waals surface area contributed by atoms with Crippen molar-refractivity contribution < 1.29 is 4.42 Å². The molecule has 0 saturated carbocycles. The molecule has 6 nitrogen and oxygen atoms in total. The van der Waals surface area contributed by atoms with Crippen molar-refractivity contribution >= 4 is 41.3 Å². The second-order valence-electron chi connectivity index (χ2n) is 7.32. The van der Waals surface area contributed by atoms with Gasteiger partial charge >= 0.3 is 0 Å². The molecular formula is C23H32IN5OS. The van der Waals surface area contributed by atoms with Gasteiger partial charge in [0.2, 0.25) is 0 Å². The van der Waals surface area contributed by atoms with Gasteiger partial charge in [0, 0.05) is 18.0 Å².